The van der Waals surface area contributed by atoms with Crippen LogP contribution >= 0.6 is 23.1 Å². The number of carbonyl (C=O) groups is 1. The van der Waals surface area contributed by atoms with Crippen molar-refractivity contribution in [1.82, 2.24) is 10.6 Å². The molecule has 0 bridgehead atoms. The molecule has 0 aliphatic carbocycles. The monoisotopic (exact) mass is 270 g/mol. The number of thiophene rings is 1. The molecule has 2 heterocycles. The molecule has 0 saturated carbocycles. The predicted octanol–water partition coefficient (Wildman–Crippen LogP) is 1.50. The van der Waals surface area contributed by atoms with Crippen LogP contribution in [0.5, 0.6) is 0 Å². The van der Waals surface area contributed by atoms with Crippen LogP contribution in [0, 0.1) is 0 Å². The summed E-state index contributed by atoms with van der Waals surface area (Å²) in [6, 6.07) is 4.51. The summed E-state index contributed by atoms with van der Waals surface area (Å²) in [5.74, 6) is 2.39. The van der Waals surface area contributed by atoms with Crippen molar-refractivity contribution in [1.29, 1.82) is 0 Å². The second-order valence-electron chi connectivity index (χ2n) is 4.11. The molecule has 1 unspecified atom stereocenters. The minimum atomic E-state index is 0.168. The topological polar surface area (TPSA) is 41.1 Å². The Balaban J connectivity index is 1.60. The van der Waals surface area contributed by atoms with Crippen LogP contribution in [0.1, 0.15) is 11.3 Å². The van der Waals surface area contributed by atoms with Gasteiger partial charge in [0.15, 0.2) is 0 Å². The van der Waals surface area contributed by atoms with Crippen molar-refractivity contribution in [3.8, 4) is 0 Å². The fourth-order valence-corrected chi connectivity index (χ4v) is 3.48. The lowest BCUT2D eigenvalue weighted by Gasteiger charge is -2.22. The standard InChI is InChI=1S/C12H18N2OS2/c15-12(8-10-9-16-7-5-13-10)14-4-3-11-2-1-6-17-11/h1-2,6,10,13H,3-5,7-9H2,(H,14,15). The summed E-state index contributed by atoms with van der Waals surface area (Å²) in [6.45, 7) is 1.77. The van der Waals surface area contributed by atoms with Crippen molar-refractivity contribution in [2.45, 2.75) is 18.9 Å². The third kappa shape index (κ3) is 4.69. The van der Waals surface area contributed by atoms with Crippen LogP contribution in [0.2, 0.25) is 0 Å². The fourth-order valence-electron chi connectivity index (χ4n) is 1.83. The summed E-state index contributed by atoms with van der Waals surface area (Å²) in [5.41, 5.74) is 0. The highest BCUT2D eigenvalue weighted by Crippen LogP contribution is 2.10. The van der Waals surface area contributed by atoms with Crippen molar-refractivity contribution in [3.05, 3.63) is 22.4 Å². The van der Waals surface area contributed by atoms with Gasteiger partial charge in [0.25, 0.3) is 0 Å². The molecule has 2 N–H and O–H groups in total. The average Bonchev–Trinajstić information content (AvgIpc) is 2.83. The van der Waals surface area contributed by atoms with Crippen molar-refractivity contribution < 1.29 is 4.79 Å². The maximum absolute atomic E-state index is 11.7. The third-order valence-corrected chi connectivity index (χ3v) is 4.77. The summed E-state index contributed by atoms with van der Waals surface area (Å²) in [7, 11) is 0. The number of rotatable bonds is 5. The van der Waals surface area contributed by atoms with Gasteiger partial charge >= 0.3 is 0 Å². The van der Waals surface area contributed by atoms with E-state index in [1.807, 2.05) is 17.8 Å². The Labute approximate surface area is 110 Å². The first-order valence-electron chi connectivity index (χ1n) is 5.95. The fraction of sp³-hybridized carbons (Fsp3) is 0.583. The van der Waals surface area contributed by atoms with E-state index in [0.29, 0.717) is 12.5 Å². The highest BCUT2D eigenvalue weighted by atomic mass is 32.2. The molecule has 1 aromatic rings. The molecule has 1 aromatic heterocycles. The van der Waals surface area contributed by atoms with Gasteiger partial charge in [-0.2, -0.15) is 11.8 Å². The van der Waals surface area contributed by atoms with Crippen molar-refractivity contribution in [2.75, 3.05) is 24.6 Å². The van der Waals surface area contributed by atoms with Crippen LogP contribution in [0.4, 0.5) is 0 Å². The number of hydrogen-bond donors (Lipinski definition) is 2. The maximum atomic E-state index is 11.7. The molecule has 1 fully saturated rings. The van der Waals surface area contributed by atoms with E-state index in [4.69, 9.17) is 0 Å². The minimum Gasteiger partial charge on any atom is -0.356 e. The number of hydrogen-bond acceptors (Lipinski definition) is 4. The minimum absolute atomic E-state index is 0.168. The molecule has 1 aliphatic heterocycles. The lowest BCUT2D eigenvalue weighted by atomic mass is 10.2. The molecule has 17 heavy (non-hydrogen) atoms. The Morgan fingerprint density at radius 3 is 3.24 bits per heavy atom. The molecule has 94 valence electrons. The normalized spacial score (nSPS) is 20.1. The summed E-state index contributed by atoms with van der Waals surface area (Å²) in [5, 5.41) is 8.43. The van der Waals surface area contributed by atoms with Gasteiger partial charge in [-0.1, -0.05) is 6.07 Å². The first-order chi connectivity index (χ1) is 8.34. The molecular weight excluding hydrogens is 252 g/mol. The van der Waals surface area contributed by atoms with Crippen molar-refractivity contribution >= 4 is 29.0 Å². The van der Waals surface area contributed by atoms with E-state index >= 15 is 0 Å². The van der Waals surface area contributed by atoms with Gasteiger partial charge in [-0.3, -0.25) is 4.79 Å². The Hall–Kier alpha value is -0.520. The molecule has 0 spiro atoms. The van der Waals surface area contributed by atoms with Crippen LogP contribution in [0.3, 0.4) is 0 Å². The van der Waals surface area contributed by atoms with E-state index in [1.54, 1.807) is 11.3 Å². The Morgan fingerprint density at radius 2 is 2.53 bits per heavy atom. The summed E-state index contributed by atoms with van der Waals surface area (Å²) < 4.78 is 0. The smallest absolute Gasteiger partial charge is 0.221 e. The van der Waals surface area contributed by atoms with Gasteiger partial charge in [-0.25, -0.2) is 0 Å². The van der Waals surface area contributed by atoms with Crippen LogP contribution in [-0.2, 0) is 11.2 Å². The van der Waals surface area contributed by atoms with Crippen LogP contribution < -0.4 is 10.6 Å². The molecular formula is C12H18N2OS2. The average molecular weight is 270 g/mol. The zero-order valence-corrected chi connectivity index (χ0v) is 11.4. The molecule has 2 rings (SSSR count). The van der Waals surface area contributed by atoms with Crippen LogP contribution in [0.15, 0.2) is 17.5 Å². The van der Waals surface area contributed by atoms with Crippen molar-refractivity contribution in [2.24, 2.45) is 0 Å². The zero-order valence-electron chi connectivity index (χ0n) is 9.78. The van der Waals surface area contributed by atoms with E-state index in [-0.39, 0.29) is 5.91 Å². The number of amides is 1. The third-order valence-electron chi connectivity index (χ3n) is 2.70. The Morgan fingerprint density at radius 1 is 1.59 bits per heavy atom. The van der Waals surface area contributed by atoms with Crippen LogP contribution in [0.25, 0.3) is 0 Å². The molecule has 1 amide bonds. The van der Waals surface area contributed by atoms with E-state index in [0.717, 1.165) is 31.0 Å². The maximum Gasteiger partial charge on any atom is 0.221 e. The SMILES string of the molecule is O=C(CC1CSCCN1)NCCc1cccs1. The number of carbonyl (C=O) groups excluding carboxylic acids is 1. The van der Waals surface area contributed by atoms with E-state index in [2.05, 4.69) is 22.1 Å². The van der Waals surface area contributed by atoms with Gasteiger partial charge in [-0.15, -0.1) is 11.3 Å². The number of nitrogens with one attached hydrogen (secondary N) is 2. The summed E-state index contributed by atoms with van der Waals surface area (Å²) in [6.07, 6.45) is 1.55. The molecule has 1 aliphatic rings. The Bertz CT molecular complexity index is 334. The van der Waals surface area contributed by atoms with E-state index in [1.165, 1.54) is 4.88 Å². The largest absolute Gasteiger partial charge is 0.356 e. The van der Waals surface area contributed by atoms with Gasteiger partial charge in [0.2, 0.25) is 5.91 Å². The predicted molar refractivity (Wildman–Crippen MR) is 74.8 cm³/mol. The second kappa shape index (κ2) is 7.03. The zero-order chi connectivity index (χ0) is 11.9. The molecule has 0 radical (unpaired) electrons. The highest BCUT2D eigenvalue weighted by molar-refractivity contribution is 7.99. The Kier molecular flexibility index (Phi) is 5.35. The first-order valence-corrected chi connectivity index (χ1v) is 7.98. The number of thioether (sulfide) groups is 1. The summed E-state index contributed by atoms with van der Waals surface area (Å²) in [4.78, 5) is 13.0. The van der Waals surface area contributed by atoms with E-state index in [9.17, 15) is 4.79 Å². The highest BCUT2D eigenvalue weighted by Gasteiger charge is 2.16. The van der Waals surface area contributed by atoms with Gasteiger partial charge in [0.1, 0.15) is 0 Å². The molecule has 1 atom stereocenters. The second-order valence-corrected chi connectivity index (χ2v) is 6.29. The summed E-state index contributed by atoms with van der Waals surface area (Å²) >= 11 is 3.67. The van der Waals surface area contributed by atoms with Crippen LogP contribution in [-0.4, -0.2) is 36.5 Å². The lowest BCUT2D eigenvalue weighted by molar-refractivity contribution is -0.121. The van der Waals surface area contributed by atoms with Gasteiger partial charge in [-0.05, 0) is 17.9 Å². The van der Waals surface area contributed by atoms with Crippen molar-refractivity contribution in [3.63, 3.8) is 0 Å². The van der Waals surface area contributed by atoms with Gasteiger partial charge < -0.3 is 10.6 Å². The van der Waals surface area contributed by atoms with Gasteiger partial charge in [0.05, 0.1) is 0 Å². The van der Waals surface area contributed by atoms with Gasteiger partial charge in [0, 0.05) is 41.9 Å². The molecule has 1 saturated heterocycles. The molecule has 5 heteroatoms. The van der Waals surface area contributed by atoms with E-state index < -0.39 is 0 Å². The molecule has 3 nitrogen and oxygen atoms in total. The molecule has 0 aromatic carbocycles. The quantitative estimate of drug-likeness (QED) is 0.852. The lowest BCUT2D eigenvalue weighted by Crippen LogP contribution is -2.41. The first kappa shape index (κ1) is 12.9.